The molecular weight excluding hydrogens is 196 g/mol. The molecule has 0 saturated heterocycles. The normalized spacial score (nSPS) is 14.1. The molecule has 0 aromatic heterocycles. The summed E-state index contributed by atoms with van der Waals surface area (Å²) in [7, 11) is 0. The van der Waals surface area contributed by atoms with E-state index in [2.05, 4.69) is 51.4 Å². The van der Waals surface area contributed by atoms with Gasteiger partial charge >= 0.3 is 0 Å². The fraction of sp³-hybridized carbons (Fsp3) is 0.857. The van der Waals surface area contributed by atoms with Gasteiger partial charge in [0.25, 0.3) is 0 Å². The van der Waals surface area contributed by atoms with E-state index >= 15 is 0 Å². The number of hydrogen-bond acceptors (Lipinski definition) is 2. The van der Waals surface area contributed by atoms with Crippen molar-refractivity contribution in [3.63, 3.8) is 0 Å². The maximum absolute atomic E-state index is 3.81. The van der Waals surface area contributed by atoms with Gasteiger partial charge in [-0.1, -0.05) is 13.0 Å². The van der Waals surface area contributed by atoms with Crippen LogP contribution in [0.5, 0.6) is 0 Å². The Balaban J connectivity index is 3.70. The summed E-state index contributed by atoms with van der Waals surface area (Å²) in [5.41, 5.74) is 0.245. The van der Waals surface area contributed by atoms with Gasteiger partial charge in [0.2, 0.25) is 0 Å². The van der Waals surface area contributed by atoms with Crippen LogP contribution in [0.2, 0.25) is 0 Å². The predicted molar refractivity (Wildman–Crippen MR) is 73.9 cm³/mol. The lowest BCUT2D eigenvalue weighted by atomic mass is 10.1. The van der Waals surface area contributed by atoms with Crippen LogP contribution < -0.4 is 5.32 Å². The number of likely N-dealkylation sites (N-methyl/N-ethyl adjacent to an activating group) is 1. The summed E-state index contributed by atoms with van der Waals surface area (Å²) >= 11 is 0. The molecule has 0 aromatic rings. The first kappa shape index (κ1) is 15.7. The van der Waals surface area contributed by atoms with Gasteiger partial charge < -0.3 is 5.32 Å². The van der Waals surface area contributed by atoms with Gasteiger partial charge in [-0.05, 0) is 53.6 Å². The van der Waals surface area contributed by atoms with E-state index in [1.54, 1.807) is 0 Å². The molecule has 16 heavy (non-hydrogen) atoms. The van der Waals surface area contributed by atoms with E-state index in [0.717, 1.165) is 19.6 Å². The van der Waals surface area contributed by atoms with Crippen LogP contribution in [-0.4, -0.2) is 36.1 Å². The molecule has 0 radical (unpaired) electrons. The van der Waals surface area contributed by atoms with E-state index in [1.807, 2.05) is 6.08 Å². The van der Waals surface area contributed by atoms with Crippen LogP contribution in [0.25, 0.3) is 0 Å². The maximum Gasteiger partial charge on any atom is 0.0163 e. The van der Waals surface area contributed by atoms with Gasteiger partial charge in [0.05, 0.1) is 0 Å². The Morgan fingerprint density at radius 3 is 2.44 bits per heavy atom. The number of nitrogens with one attached hydrogen (secondary N) is 1. The minimum Gasteiger partial charge on any atom is -0.312 e. The molecule has 2 nitrogen and oxygen atoms in total. The van der Waals surface area contributed by atoms with Gasteiger partial charge in [-0.3, -0.25) is 4.90 Å². The van der Waals surface area contributed by atoms with Crippen LogP contribution in [0.15, 0.2) is 12.7 Å². The third-order valence-electron chi connectivity index (χ3n) is 2.85. The standard InChI is InChI=1S/C14H30N2/c1-7-12-16(8-2)13(3)10-9-11-15-14(4,5)6/h7,13,15H,1,8-12H2,2-6H3. The lowest BCUT2D eigenvalue weighted by Crippen LogP contribution is -2.38. The second kappa shape index (κ2) is 7.86. The summed E-state index contributed by atoms with van der Waals surface area (Å²) in [5.74, 6) is 0. The Hall–Kier alpha value is -0.340. The number of hydrogen-bond donors (Lipinski definition) is 1. The van der Waals surface area contributed by atoms with Crippen LogP contribution in [0.4, 0.5) is 0 Å². The highest BCUT2D eigenvalue weighted by Gasteiger charge is 2.11. The van der Waals surface area contributed by atoms with Crippen molar-refractivity contribution >= 4 is 0 Å². The van der Waals surface area contributed by atoms with Crippen molar-refractivity contribution in [2.24, 2.45) is 0 Å². The Labute approximate surface area is 102 Å². The smallest absolute Gasteiger partial charge is 0.0163 e. The molecule has 1 atom stereocenters. The van der Waals surface area contributed by atoms with Gasteiger partial charge in [-0.2, -0.15) is 0 Å². The largest absolute Gasteiger partial charge is 0.312 e. The zero-order chi connectivity index (χ0) is 12.6. The van der Waals surface area contributed by atoms with Crippen LogP contribution in [0, 0.1) is 0 Å². The molecule has 1 N–H and O–H groups in total. The Morgan fingerprint density at radius 1 is 1.38 bits per heavy atom. The van der Waals surface area contributed by atoms with E-state index in [-0.39, 0.29) is 5.54 Å². The van der Waals surface area contributed by atoms with Crippen molar-refractivity contribution in [3.05, 3.63) is 12.7 Å². The fourth-order valence-electron chi connectivity index (χ4n) is 1.83. The molecule has 96 valence electrons. The van der Waals surface area contributed by atoms with Crippen LogP contribution >= 0.6 is 0 Å². The third-order valence-corrected chi connectivity index (χ3v) is 2.85. The van der Waals surface area contributed by atoms with Crippen molar-refractivity contribution in [1.29, 1.82) is 0 Å². The van der Waals surface area contributed by atoms with Gasteiger partial charge in [0, 0.05) is 18.1 Å². The summed E-state index contributed by atoms with van der Waals surface area (Å²) in [5, 5.41) is 3.53. The number of rotatable bonds is 8. The molecule has 0 aliphatic carbocycles. The monoisotopic (exact) mass is 226 g/mol. The lowest BCUT2D eigenvalue weighted by molar-refractivity contribution is 0.227. The molecular formula is C14H30N2. The molecule has 0 heterocycles. The minimum absolute atomic E-state index is 0.245. The second-order valence-electron chi connectivity index (χ2n) is 5.54. The average Bonchev–Trinajstić information content (AvgIpc) is 2.19. The molecule has 0 rings (SSSR count). The zero-order valence-corrected chi connectivity index (χ0v) is 11.8. The molecule has 0 fully saturated rings. The van der Waals surface area contributed by atoms with Crippen molar-refractivity contribution in [1.82, 2.24) is 10.2 Å². The maximum atomic E-state index is 3.81. The number of nitrogens with zero attached hydrogens (tertiary/aromatic N) is 1. The Bertz CT molecular complexity index is 182. The Kier molecular flexibility index (Phi) is 7.69. The van der Waals surface area contributed by atoms with Crippen molar-refractivity contribution in [2.45, 2.75) is 59.0 Å². The average molecular weight is 226 g/mol. The summed E-state index contributed by atoms with van der Waals surface area (Å²) in [6.07, 6.45) is 4.49. The van der Waals surface area contributed by atoms with Gasteiger partial charge in [0.15, 0.2) is 0 Å². The van der Waals surface area contributed by atoms with E-state index in [0.29, 0.717) is 6.04 Å². The highest BCUT2D eigenvalue weighted by atomic mass is 15.1. The van der Waals surface area contributed by atoms with E-state index in [9.17, 15) is 0 Å². The van der Waals surface area contributed by atoms with Crippen molar-refractivity contribution in [2.75, 3.05) is 19.6 Å². The summed E-state index contributed by atoms with van der Waals surface area (Å²) in [6, 6.07) is 0.657. The molecule has 0 aliphatic rings. The van der Waals surface area contributed by atoms with E-state index < -0.39 is 0 Å². The molecule has 2 heteroatoms. The van der Waals surface area contributed by atoms with E-state index in [4.69, 9.17) is 0 Å². The van der Waals surface area contributed by atoms with Gasteiger partial charge in [-0.15, -0.1) is 6.58 Å². The third kappa shape index (κ3) is 7.89. The van der Waals surface area contributed by atoms with Crippen molar-refractivity contribution < 1.29 is 0 Å². The molecule has 0 amide bonds. The lowest BCUT2D eigenvalue weighted by Gasteiger charge is -2.27. The van der Waals surface area contributed by atoms with Crippen LogP contribution in [0.3, 0.4) is 0 Å². The SMILES string of the molecule is C=CCN(CC)C(C)CCCNC(C)(C)C. The second-order valence-corrected chi connectivity index (χ2v) is 5.54. The molecule has 0 bridgehead atoms. The summed E-state index contributed by atoms with van der Waals surface area (Å²) in [6.45, 7) is 18.2. The first-order valence-corrected chi connectivity index (χ1v) is 6.50. The summed E-state index contributed by atoms with van der Waals surface area (Å²) < 4.78 is 0. The topological polar surface area (TPSA) is 15.3 Å². The predicted octanol–water partition coefficient (Wildman–Crippen LogP) is 3.05. The first-order valence-electron chi connectivity index (χ1n) is 6.50. The van der Waals surface area contributed by atoms with Crippen LogP contribution in [0.1, 0.15) is 47.5 Å². The highest BCUT2D eigenvalue weighted by Crippen LogP contribution is 2.07. The molecule has 0 aliphatic heterocycles. The van der Waals surface area contributed by atoms with E-state index in [1.165, 1.54) is 12.8 Å². The minimum atomic E-state index is 0.245. The highest BCUT2D eigenvalue weighted by molar-refractivity contribution is 4.77. The van der Waals surface area contributed by atoms with Crippen molar-refractivity contribution in [3.8, 4) is 0 Å². The molecule has 0 saturated carbocycles. The summed E-state index contributed by atoms with van der Waals surface area (Å²) in [4.78, 5) is 2.46. The van der Waals surface area contributed by atoms with Crippen LogP contribution in [-0.2, 0) is 0 Å². The Morgan fingerprint density at radius 2 is 2.00 bits per heavy atom. The van der Waals surface area contributed by atoms with Gasteiger partial charge in [-0.25, -0.2) is 0 Å². The molecule has 0 aromatic carbocycles. The molecule has 0 spiro atoms. The van der Waals surface area contributed by atoms with Gasteiger partial charge in [0.1, 0.15) is 0 Å². The first-order chi connectivity index (χ1) is 7.40. The zero-order valence-electron chi connectivity index (χ0n) is 11.8. The quantitative estimate of drug-likeness (QED) is 0.505. The fourth-order valence-corrected chi connectivity index (χ4v) is 1.83. The molecule has 1 unspecified atom stereocenters.